The van der Waals surface area contributed by atoms with Crippen LogP contribution >= 0.6 is 11.3 Å². The van der Waals surface area contributed by atoms with Gasteiger partial charge in [-0.25, -0.2) is 4.39 Å². The second-order valence-electron chi connectivity index (χ2n) is 5.84. The van der Waals surface area contributed by atoms with Crippen molar-refractivity contribution in [3.05, 3.63) is 58.0 Å². The maximum Gasteiger partial charge on any atom is 0.264 e. The van der Waals surface area contributed by atoms with Gasteiger partial charge in [-0.15, -0.1) is 11.3 Å². The Labute approximate surface area is 140 Å². The Hall–Kier alpha value is -1.72. The summed E-state index contributed by atoms with van der Waals surface area (Å²) in [7, 11) is 0. The number of hydrogen-bond donors (Lipinski definition) is 0. The molecule has 2 aromatic rings. The van der Waals surface area contributed by atoms with E-state index in [0.717, 1.165) is 56.0 Å². The number of halogens is 1. The third kappa shape index (κ3) is 4.39. The maximum absolute atomic E-state index is 13.1. The smallest absolute Gasteiger partial charge is 0.264 e. The van der Waals surface area contributed by atoms with Gasteiger partial charge in [-0.3, -0.25) is 9.69 Å². The summed E-state index contributed by atoms with van der Waals surface area (Å²) in [5.41, 5.74) is 1.05. The summed E-state index contributed by atoms with van der Waals surface area (Å²) < 4.78 is 13.1. The molecule has 1 aromatic carbocycles. The molecule has 1 aromatic heterocycles. The quantitative estimate of drug-likeness (QED) is 0.839. The molecule has 0 aliphatic carbocycles. The van der Waals surface area contributed by atoms with E-state index in [1.165, 1.54) is 17.4 Å². The zero-order valence-electron chi connectivity index (χ0n) is 13.1. The van der Waals surface area contributed by atoms with Crippen LogP contribution in [-0.4, -0.2) is 48.4 Å². The molecule has 23 heavy (non-hydrogen) atoms. The van der Waals surface area contributed by atoms with E-state index in [2.05, 4.69) is 4.90 Å². The molecule has 0 bridgehead atoms. The first-order valence-corrected chi connectivity index (χ1v) is 8.90. The van der Waals surface area contributed by atoms with Crippen molar-refractivity contribution in [2.24, 2.45) is 0 Å². The molecular weight excluding hydrogens is 311 g/mol. The number of benzene rings is 1. The first-order chi connectivity index (χ1) is 11.2. The Morgan fingerprint density at radius 3 is 2.65 bits per heavy atom. The van der Waals surface area contributed by atoms with Gasteiger partial charge in [0.25, 0.3) is 5.91 Å². The van der Waals surface area contributed by atoms with Crippen LogP contribution in [0.15, 0.2) is 41.8 Å². The molecule has 1 fully saturated rings. The van der Waals surface area contributed by atoms with Crippen LogP contribution in [0.3, 0.4) is 0 Å². The second-order valence-corrected chi connectivity index (χ2v) is 6.79. The predicted octanol–water partition coefficient (Wildman–Crippen LogP) is 3.28. The molecule has 0 saturated carbocycles. The van der Waals surface area contributed by atoms with Gasteiger partial charge in [0, 0.05) is 26.2 Å². The number of amides is 1. The molecule has 1 aliphatic heterocycles. The minimum atomic E-state index is -0.164. The molecule has 5 heteroatoms. The molecule has 3 rings (SSSR count). The Balaban J connectivity index is 1.40. The number of thiophene rings is 1. The summed E-state index contributed by atoms with van der Waals surface area (Å²) in [6, 6.07) is 10.6. The highest BCUT2D eigenvalue weighted by atomic mass is 32.1. The summed E-state index contributed by atoms with van der Waals surface area (Å²) in [6.45, 7) is 4.41. The summed E-state index contributed by atoms with van der Waals surface area (Å²) in [6.07, 6.45) is 1.91. The van der Waals surface area contributed by atoms with Gasteiger partial charge in [-0.05, 0) is 48.5 Å². The highest BCUT2D eigenvalue weighted by Crippen LogP contribution is 2.14. The van der Waals surface area contributed by atoms with Gasteiger partial charge in [0.05, 0.1) is 4.88 Å². The number of carbonyl (C=O) groups is 1. The summed E-state index contributed by atoms with van der Waals surface area (Å²) in [4.78, 5) is 17.4. The third-order valence-corrected chi connectivity index (χ3v) is 5.08. The van der Waals surface area contributed by atoms with E-state index < -0.39 is 0 Å². The zero-order chi connectivity index (χ0) is 16.1. The first-order valence-electron chi connectivity index (χ1n) is 8.02. The molecule has 1 aliphatic rings. The number of hydrogen-bond acceptors (Lipinski definition) is 3. The molecule has 0 spiro atoms. The fourth-order valence-electron chi connectivity index (χ4n) is 2.93. The largest absolute Gasteiger partial charge is 0.335 e. The van der Waals surface area contributed by atoms with Gasteiger partial charge < -0.3 is 4.90 Å². The lowest BCUT2D eigenvalue weighted by Crippen LogP contribution is -2.48. The Morgan fingerprint density at radius 2 is 1.96 bits per heavy atom. The van der Waals surface area contributed by atoms with E-state index in [1.54, 1.807) is 12.1 Å². The molecule has 122 valence electrons. The molecule has 0 N–H and O–H groups in total. The second kappa shape index (κ2) is 7.70. The van der Waals surface area contributed by atoms with Crippen molar-refractivity contribution < 1.29 is 9.18 Å². The van der Waals surface area contributed by atoms with E-state index in [1.807, 2.05) is 28.5 Å². The molecule has 0 atom stereocenters. The SMILES string of the molecule is O=C(c1cccs1)N1CCN(CCCc2cccc(F)c2)CC1. The van der Waals surface area contributed by atoms with Crippen molar-refractivity contribution in [3.63, 3.8) is 0 Å². The molecule has 2 heterocycles. The van der Waals surface area contributed by atoms with Crippen molar-refractivity contribution in [2.45, 2.75) is 12.8 Å². The van der Waals surface area contributed by atoms with Crippen LogP contribution in [0.4, 0.5) is 4.39 Å². The maximum atomic E-state index is 13.1. The van der Waals surface area contributed by atoms with Gasteiger partial charge >= 0.3 is 0 Å². The Bertz CT molecular complexity index is 636. The van der Waals surface area contributed by atoms with Gasteiger partial charge in [0.1, 0.15) is 5.82 Å². The lowest BCUT2D eigenvalue weighted by Gasteiger charge is -2.34. The van der Waals surface area contributed by atoms with Gasteiger partial charge in [0.15, 0.2) is 0 Å². The van der Waals surface area contributed by atoms with Crippen LogP contribution < -0.4 is 0 Å². The molecule has 0 radical (unpaired) electrons. The van der Waals surface area contributed by atoms with Crippen molar-refractivity contribution in [3.8, 4) is 0 Å². The third-order valence-electron chi connectivity index (χ3n) is 4.22. The van der Waals surface area contributed by atoms with E-state index in [4.69, 9.17) is 0 Å². The topological polar surface area (TPSA) is 23.6 Å². The summed E-state index contributed by atoms with van der Waals surface area (Å²) in [5.74, 6) is -0.0115. The van der Waals surface area contributed by atoms with Gasteiger partial charge in [0.2, 0.25) is 0 Å². The van der Waals surface area contributed by atoms with E-state index in [0.29, 0.717) is 0 Å². The molecular formula is C18H21FN2OS. The summed E-state index contributed by atoms with van der Waals surface area (Å²) >= 11 is 1.50. The lowest BCUT2D eigenvalue weighted by atomic mass is 10.1. The molecule has 0 unspecified atom stereocenters. The average Bonchev–Trinajstić information content (AvgIpc) is 3.09. The number of carbonyl (C=O) groups excluding carboxylic acids is 1. The van der Waals surface area contributed by atoms with Crippen molar-refractivity contribution in [2.75, 3.05) is 32.7 Å². The number of rotatable bonds is 5. The van der Waals surface area contributed by atoms with Crippen LogP contribution in [0.5, 0.6) is 0 Å². The standard InChI is InChI=1S/C18H21FN2OS/c19-16-6-1-4-15(14-16)5-2-8-20-9-11-21(12-10-20)18(22)17-7-3-13-23-17/h1,3-4,6-7,13-14H,2,5,8-12H2. The van der Waals surface area contributed by atoms with Crippen LogP contribution in [-0.2, 0) is 6.42 Å². The van der Waals surface area contributed by atoms with Crippen LogP contribution in [0, 0.1) is 5.82 Å². The first kappa shape index (κ1) is 16.1. The molecule has 1 saturated heterocycles. The van der Waals surface area contributed by atoms with Crippen molar-refractivity contribution in [1.82, 2.24) is 9.80 Å². The fraction of sp³-hybridized carbons (Fsp3) is 0.389. The van der Waals surface area contributed by atoms with Crippen LogP contribution in [0.1, 0.15) is 21.7 Å². The van der Waals surface area contributed by atoms with Gasteiger partial charge in [-0.1, -0.05) is 18.2 Å². The van der Waals surface area contributed by atoms with E-state index in [-0.39, 0.29) is 11.7 Å². The van der Waals surface area contributed by atoms with E-state index >= 15 is 0 Å². The minimum absolute atomic E-state index is 0.152. The van der Waals surface area contributed by atoms with Crippen LogP contribution in [0.2, 0.25) is 0 Å². The fourth-order valence-corrected chi connectivity index (χ4v) is 3.62. The monoisotopic (exact) mass is 332 g/mol. The van der Waals surface area contributed by atoms with E-state index in [9.17, 15) is 9.18 Å². The Kier molecular flexibility index (Phi) is 5.41. The predicted molar refractivity (Wildman–Crippen MR) is 91.4 cm³/mol. The summed E-state index contributed by atoms with van der Waals surface area (Å²) in [5, 5.41) is 1.94. The normalized spacial score (nSPS) is 15.8. The Morgan fingerprint density at radius 1 is 1.13 bits per heavy atom. The number of aryl methyl sites for hydroxylation is 1. The average molecular weight is 332 g/mol. The minimum Gasteiger partial charge on any atom is -0.335 e. The van der Waals surface area contributed by atoms with Crippen molar-refractivity contribution >= 4 is 17.2 Å². The molecule has 1 amide bonds. The highest BCUT2D eigenvalue weighted by molar-refractivity contribution is 7.12. The zero-order valence-corrected chi connectivity index (χ0v) is 13.9. The number of nitrogens with zero attached hydrogens (tertiary/aromatic N) is 2. The molecule has 3 nitrogen and oxygen atoms in total. The van der Waals surface area contributed by atoms with Gasteiger partial charge in [-0.2, -0.15) is 0 Å². The number of piperazine rings is 1. The van der Waals surface area contributed by atoms with Crippen molar-refractivity contribution in [1.29, 1.82) is 0 Å². The van der Waals surface area contributed by atoms with Crippen LogP contribution in [0.25, 0.3) is 0 Å². The highest BCUT2D eigenvalue weighted by Gasteiger charge is 2.22. The lowest BCUT2D eigenvalue weighted by molar-refractivity contribution is 0.0641.